The lowest BCUT2D eigenvalue weighted by atomic mass is 10.2. The Kier molecular flexibility index (Phi) is 5.91. The van der Waals surface area contributed by atoms with Crippen molar-refractivity contribution in [1.82, 2.24) is 9.78 Å². The SMILES string of the molecule is COc1ccc(NC(=O)CCCn2nc([N+](=O)[O-])c(Br)c2C)cc1. The Hall–Kier alpha value is -2.42. The van der Waals surface area contributed by atoms with E-state index in [2.05, 4.69) is 26.3 Å². The van der Waals surface area contributed by atoms with Gasteiger partial charge in [-0.2, -0.15) is 4.68 Å². The summed E-state index contributed by atoms with van der Waals surface area (Å²) < 4.78 is 6.95. The monoisotopic (exact) mass is 396 g/mol. The van der Waals surface area contributed by atoms with Crippen LogP contribution in [0, 0.1) is 17.0 Å². The molecule has 128 valence electrons. The van der Waals surface area contributed by atoms with Crippen LogP contribution in [0.2, 0.25) is 0 Å². The second-order valence-corrected chi connectivity index (χ2v) is 5.88. The van der Waals surface area contributed by atoms with Crippen LogP contribution in [0.5, 0.6) is 5.75 Å². The summed E-state index contributed by atoms with van der Waals surface area (Å²) >= 11 is 3.16. The van der Waals surface area contributed by atoms with Crippen molar-refractivity contribution in [3.05, 3.63) is 44.5 Å². The minimum Gasteiger partial charge on any atom is -0.497 e. The summed E-state index contributed by atoms with van der Waals surface area (Å²) in [5.74, 6) is 0.378. The molecule has 0 saturated carbocycles. The molecular weight excluding hydrogens is 380 g/mol. The first kappa shape index (κ1) is 17.9. The van der Waals surface area contributed by atoms with Crippen LogP contribution in [0.3, 0.4) is 0 Å². The quantitative estimate of drug-likeness (QED) is 0.571. The largest absolute Gasteiger partial charge is 0.497 e. The molecule has 0 saturated heterocycles. The molecule has 1 aromatic heterocycles. The van der Waals surface area contributed by atoms with E-state index in [1.54, 1.807) is 38.3 Å². The highest BCUT2D eigenvalue weighted by molar-refractivity contribution is 9.10. The maximum Gasteiger partial charge on any atom is 0.404 e. The molecule has 1 N–H and O–H groups in total. The molecule has 0 fully saturated rings. The first-order valence-electron chi connectivity index (χ1n) is 7.23. The first-order chi connectivity index (χ1) is 11.4. The van der Waals surface area contributed by atoms with Crippen LogP contribution in [0.4, 0.5) is 11.5 Å². The topological polar surface area (TPSA) is 99.3 Å². The number of nitrogens with zero attached hydrogens (tertiary/aromatic N) is 3. The maximum atomic E-state index is 11.9. The lowest BCUT2D eigenvalue weighted by molar-refractivity contribution is -0.390. The number of nitro groups is 1. The number of nitrogens with one attached hydrogen (secondary N) is 1. The van der Waals surface area contributed by atoms with Crippen molar-refractivity contribution in [2.45, 2.75) is 26.3 Å². The minimum atomic E-state index is -0.538. The van der Waals surface area contributed by atoms with Gasteiger partial charge in [-0.15, -0.1) is 0 Å². The van der Waals surface area contributed by atoms with Crippen molar-refractivity contribution < 1.29 is 14.5 Å². The zero-order chi connectivity index (χ0) is 17.7. The van der Waals surface area contributed by atoms with E-state index >= 15 is 0 Å². The Morgan fingerprint density at radius 3 is 2.62 bits per heavy atom. The van der Waals surface area contributed by atoms with Crippen LogP contribution >= 0.6 is 15.9 Å². The fourth-order valence-corrected chi connectivity index (χ4v) is 2.56. The van der Waals surface area contributed by atoms with Crippen molar-refractivity contribution in [2.75, 3.05) is 12.4 Å². The van der Waals surface area contributed by atoms with Crippen molar-refractivity contribution in [3.8, 4) is 5.75 Å². The van der Waals surface area contributed by atoms with E-state index in [4.69, 9.17) is 4.74 Å². The Bertz CT molecular complexity index is 743. The van der Waals surface area contributed by atoms with Gasteiger partial charge in [0.1, 0.15) is 10.2 Å². The van der Waals surface area contributed by atoms with Crippen LogP contribution in [0.1, 0.15) is 18.5 Å². The molecular formula is C15H17BrN4O4. The third kappa shape index (κ3) is 4.31. The Balaban J connectivity index is 1.86. The molecule has 0 atom stereocenters. The Morgan fingerprint density at radius 1 is 1.42 bits per heavy atom. The van der Waals surface area contributed by atoms with Gasteiger partial charge in [-0.25, -0.2) is 0 Å². The summed E-state index contributed by atoms with van der Waals surface area (Å²) in [7, 11) is 1.58. The van der Waals surface area contributed by atoms with Gasteiger partial charge in [0.2, 0.25) is 5.91 Å². The van der Waals surface area contributed by atoms with E-state index < -0.39 is 4.92 Å². The van der Waals surface area contributed by atoms with Crippen LogP contribution in [-0.4, -0.2) is 27.7 Å². The van der Waals surface area contributed by atoms with Gasteiger partial charge in [0.25, 0.3) is 0 Å². The average molecular weight is 397 g/mol. The number of aryl methyl sites for hydroxylation is 1. The number of methoxy groups -OCH3 is 1. The van der Waals surface area contributed by atoms with Crippen molar-refractivity contribution in [2.24, 2.45) is 0 Å². The van der Waals surface area contributed by atoms with E-state index in [1.807, 2.05) is 0 Å². The number of anilines is 1. The Labute approximate surface area is 147 Å². The highest BCUT2D eigenvalue weighted by atomic mass is 79.9. The van der Waals surface area contributed by atoms with Gasteiger partial charge in [-0.05, 0) is 58.5 Å². The summed E-state index contributed by atoms with van der Waals surface area (Å²) in [6.45, 7) is 2.16. The summed E-state index contributed by atoms with van der Waals surface area (Å²) in [5, 5.41) is 17.6. The number of carbonyl (C=O) groups is 1. The number of rotatable bonds is 7. The number of hydrogen-bond donors (Lipinski definition) is 1. The number of carbonyl (C=O) groups excluding carboxylic acids is 1. The summed E-state index contributed by atoms with van der Waals surface area (Å²) in [5.41, 5.74) is 1.35. The lowest BCUT2D eigenvalue weighted by Crippen LogP contribution is -2.13. The molecule has 0 radical (unpaired) electrons. The van der Waals surface area contributed by atoms with Crippen LogP contribution in [-0.2, 0) is 11.3 Å². The van der Waals surface area contributed by atoms with E-state index in [0.717, 1.165) is 0 Å². The number of halogens is 1. The molecule has 0 aliphatic heterocycles. The fourth-order valence-electron chi connectivity index (χ4n) is 2.13. The van der Waals surface area contributed by atoms with Crippen molar-refractivity contribution in [1.29, 1.82) is 0 Å². The third-order valence-corrected chi connectivity index (χ3v) is 4.37. The van der Waals surface area contributed by atoms with E-state index in [0.29, 0.717) is 34.6 Å². The van der Waals surface area contributed by atoms with Gasteiger partial charge in [-0.3, -0.25) is 4.79 Å². The normalized spacial score (nSPS) is 10.5. The summed E-state index contributed by atoms with van der Waals surface area (Å²) in [6, 6.07) is 7.04. The molecule has 1 aromatic carbocycles. The molecule has 1 amide bonds. The second kappa shape index (κ2) is 7.91. The van der Waals surface area contributed by atoms with E-state index in [1.165, 1.54) is 4.68 Å². The van der Waals surface area contributed by atoms with Gasteiger partial charge < -0.3 is 20.2 Å². The summed E-state index contributed by atoms with van der Waals surface area (Å²) in [4.78, 5) is 22.2. The average Bonchev–Trinajstić information content (AvgIpc) is 2.84. The molecule has 1 heterocycles. The highest BCUT2D eigenvalue weighted by Gasteiger charge is 2.23. The third-order valence-electron chi connectivity index (χ3n) is 3.44. The van der Waals surface area contributed by atoms with Crippen molar-refractivity contribution >= 4 is 33.3 Å². The predicted octanol–water partition coefficient (Wildman–Crippen LogP) is 3.29. The minimum absolute atomic E-state index is 0.126. The van der Waals surface area contributed by atoms with Gasteiger partial charge in [0, 0.05) is 12.1 Å². The second-order valence-electron chi connectivity index (χ2n) is 5.08. The first-order valence-corrected chi connectivity index (χ1v) is 8.03. The van der Waals surface area contributed by atoms with Gasteiger partial charge in [0.15, 0.2) is 0 Å². The van der Waals surface area contributed by atoms with E-state index in [9.17, 15) is 14.9 Å². The maximum absolute atomic E-state index is 11.9. The van der Waals surface area contributed by atoms with Gasteiger partial charge >= 0.3 is 5.82 Å². The predicted molar refractivity (Wildman–Crippen MR) is 92.2 cm³/mol. The highest BCUT2D eigenvalue weighted by Crippen LogP contribution is 2.27. The zero-order valence-corrected chi connectivity index (χ0v) is 14.9. The molecule has 2 aromatic rings. The Morgan fingerprint density at radius 2 is 2.08 bits per heavy atom. The number of ether oxygens (including phenoxy) is 1. The lowest BCUT2D eigenvalue weighted by Gasteiger charge is -2.06. The van der Waals surface area contributed by atoms with Crippen LogP contribution in [0.15, 0.2) is 28.7 Å². The molecule has 0 bridgehead atoms. The molecule has 0 aliphatic rings. The zero-order valence-electron chi connectivity index (χ0n) is 13.3. The molecule has 9 heteroatoms. The number of benzene rings is 1. The van der Waals surface area contributed by atoms with E-state index in [-0.39, 0.29) is 18.1 Å². The molecule has 24 heavy (non-hydrogen) atoms. The fraction of sp³-hybridized carbons (Fsp3) is 0.333. The molecule has 2 rings (SSSR count). The number of hydrogen-bond acceptors (Lipinski definition) is 5. The van der Waals surface area contributed by atoms with Crippen LogP contribution < -0.4 is 10.1 Å². The summed E-state index contributed by atoms with van der Waals surface area (Å²) in [6.07, 6.45) is 0.810. The van der Waals surface area contributed by atoms with Gasteiger partial charge in [-0.1, -0.05) is 0 Å². The smallest absolute Gasteiger partial charge is 0.404 e. The van der Waals surface area contributed by atoms with Gasteiger partial charge in [0.05, 0.1) is 24.4 Å². The molecule has 0 aliphatic carbocycles. The molecule has 0 spiro atoms. The van der Waals surface area contributed by atoms with Crippen molar-refractivity contribution in [3.63, 3.8) is 0 Å². The molecule has 8 nitrogen and oxygen atoms in total. The molecule has 0 unspecified atom stereocenters. The number of amides is 1. The van der Waals surface area contributed by atoms with Crippen LogP contribution in [0.25, 0.3) is 0 Å². The standard InChI is InChI=1S/C15H17BrN4O4/c1-10-14(16)15(20(22)23)18-19(10)9-3-4-13(21)17-11-5-7-12(24-2)8-6-11/h5-8H,3-4,9H2,1-2H3,(H,17,21). The number of aromatic nitrogens is 2.